The van der Waals surface area contributed by atoms with Gasteiger partial charge in [0.1, 0.15) is 0 Å². The van der Waals surface area contributed by atoms with E-state index < -0.39 is 22.4 Å². The fraction of sp³-hybridized carbons (Fsp3) is 0.600. The Morgan fingerprint density at radius 1 is 1.14 bits per heavy atom. The van der Waals surface area contributed by atoms with Crippen LogP contribution in [0, 0.1) is 0 Å². The molecule has 6 heteroatoms. The second-order valence-corrected chi connectivity index (χ2v) is 6.71. The van der Waals surface area contributed by atoms with Crippen molar-refractivity contribution in [2.24, 2.45) is 0 Å². The molecule has 1 N–H and O–H groups in total. The average molecular weight is 315 g/mol. The van der Waals surface area contributed by atoms with Crippen molar-refractivity contribution in [2.75, 3.05) is 14.2 Å². The average Bonchev–Trinajstić information content (AvgIpc) is 2.46. The normalized spacial score (nSPS) is 13.6. The lowest BCUT2D eigenvalue weighted by Gasteiger charge is -2.22. The molecule has 0 aliphatic carbocycles. The topological polar surface area (TPSA) is 64.6 Å². The highest BCUT2D eigenvalue weighted by Crippen LogP contribution is 2.14. The summed E-state index contributed by atoms with van der Waals surface area (Å²) in [6.07, 6.45) is 2.57. The summed E-state index contributed by atoms with van der Waals surface area (Å²) in [5.41, 5.74) is 1.15. The van der Waals surface area contributed by atoms with E-state index in [1.54, 1.807) is 19.1 Å². The number of ether oxygens (including phenoxy) is 2. The number of methoxy groups -OCH3 is 2. The van der Waals surface area contributed by atoms with Gasteiger partial charge in [0, 0.05) is 14.2 Å². The van der Waals surface area contributed by atoms with Gasteiger partial charge < -0.3 is 9.47 Å². The Kier molecular flexibility index (Phi) is 7.31. The number of aryl methyl sites for hydroxylation is 1. The van der Waals surface area contributed by atoms with Crippen molar-refractivity contribution in [1.82, 2.24) is 4.72 Å². The summed E-state index contributed by atoms with van der Waals surface area (Å²) in [6, 6.07) is 6.51. The first-order chi connectivity index (χ1) is 9.94. The van der Waals surface area contributed by atoms with Gasteiger partial charge >= 0.3 is 0 Å². The number of nitrogens with one attached hydrogen (secondary N) is 1. The maximum absolute atomic E-state index is 12.3. The van der Waals surface area contributed by atoms with Crippen LogP contribution >= 0.6 is 0 Å². The molecule has 120 valence electrons. The zero-order chi connectivity index (χ0) is 15.9. The molecule has 1 unspecified atom stereocenters. The van der Waals surface area contributed by atoms with Crippen molar-refractivity contribution >= 4 is 10.0 Å². The minimum atomic E-state index is -3.57. The molecular formula is C15H25NO4S. The summed E-state index contributed by atoms with van der Waals surface area (Å²) < 4.78 is 37.2. The Hall–Kier alpha value is -0.950. The van der Waals surface area contributed by atoms with Gasteiger partial charge in [-0.2, -0.15) is 0 Å². The fourth-order valence-corrected chi connectivity index (χ4v) is 3.32. The van der Waals surface area contributed by atoms with Gasteiger partial charge in [-0.1, -0.05) is 25.5 Å². The van der Waals surface area contributed by atoms with Crippen LogP contribution < -0.4 is 4.72 Å². The molecule has 21 heavy (non-hydrogen) atoms. The highest BCUT2D eigenvalue weighted by Gasteiger charge is 2.23. The Labute approximate surface area is 127 Å². The third-order valence-corrected chi connectivity index (χ3v) is 4.84. The number of benzene rings is 1. The maximum Gasteiger partial charge on any atom is 0.240 e. The van der Waals surface area contributed by atoms with E-state index in [0.29, 0.717) is 0 Å². The molecule has 1 aromatic carbocycles. The monoisotopic (exact) mass is 315 g/mol. The summed E-state index contributed by atoms with van der Waals surface area (Å²) in [6.45, 7) is 3.83. The van der Waals surface area contributed by atoms with Crippen molar-refractivity contribution < 1.29 is 17.9 Å². The van der Waals surface area contributed by atoms with Crippen molar-refractivity contribution in [3.63, 3.8) is 0 Å². The molecule has 0 heterocycles. The highest BCUT2D eigenvalue weighted by atomic mass is 32.2. The van der Waals surface area contributed by atoms with Gasteiger partial charge in [0.2, 0.25) is 10.0 Å². The second kappa shape index (κ2) is 8.48. The Morgan fingerprint density at radius 2 is 1.71 bits per heavy atom. The lowest BCUT2D eigenvalue weighted by atomic mass is 10.1. The van der Waals surface area contributed by atoms with Crippen molar-refractivity contribution in [3.8, 4) is 0 Å². The van der Waals surface area contributed by atoms with Gasteiger partial charge in [-0.25, -0.2) is 13.1 Å². The predicted molar refractivity (Wildman–Crippen MR) is 82.6 cm³/mol. The summed E-state index contributed by atoms with van der Waals surface area (Å²) in [7, 11) is -0.625. The smallest absolute Gasteiger partial charge is 0.240 e. The van der Waals surface area contributed by atoms with Crippen molar-refractivity contribution in [1.29, 1.82) is 0 Å². The number of sulfonamides is 1. The first-order valence-corrected chi connectivity index (χ1v) is 8.59. The summed E-state index contributed by atoms with van der Waals surface area (Å²) in [5.74, 6) is 0. The molecule has 5 nitrogen and oxygen atoms in total. The zero-order valence-electron chi connectivity index (χ0n) is 13.1. The van der Waals surface area contributed by atoms with E-state index in [4.69, 9.17) is 9.47 Å². The molecular weight excluding hydrogens is 290 g/mol. The molecule has 0 spiro atoms. The molecule has 0 saturated carbocycles. The quantitative estimate of drug-likeness (QED) is 0.710. The first kappa shape index (κ1) is 18.1. The first-order valence-electron chi connectivity index (χ1n) is 7.11. The van der Waals surface area contributed by atoms with Crippen molar-refractivity contribution in [3.05, 3.63) is 29.8 Å². The summed E-state index contributed by atoms with van der Waals surface area (Å²) >= 11 is 0. The molecule has 0 radical (unpaired) electrons. The van der Waals surface area contributed by atoms with Gasteiger partial charge in [-0.15, -0.1) is 0 Å². The molecule has 0 amide bonds. The third-order valence-electron chi connectivity index (χ3n) is 3.27. The van der Waals surface area contributed by atoms with E-state index in [0.717, 1.165) is 24.8 Å². The number of hydrogen-bond acceptors (Lipinski definition) is 4. The molecule has 1 atom stereocenters. The number of unbranched alkanes of at least 4 members (excludes halogenated alkanes) is 1. The van der Waals surface area contributed by atoms with Crippen LogP contribution in [0.15, 0.2) is 29.2 Å². The second-order valence-electron chi connectivity index (χ2n) is 5.00. The number of hydrogen-bond donors (Lipinski definition) is 1. The highest BCUT2D eigenvalue weighted by molar-refractivity contribution is 7.89. The van der Waals surface area contributed by atoms with Gasteiger partial charge in [0.25, 0.3) is 0 Å². The molecule has 0 fully saturated rings. The SMILES string of the molecule is CCCCc1ccc(S(=O)(=O)NC(C)C(OC)OC)cc1. The van der Waals surface area contributed by atoms with Crippen LogP contribution in [-0.4, -0.2) is 35.0 Å². The molecule has 0 aliphatic rings. The minimum absolute atomic E-state index is 0.251. The van der Waals surface area contributed by atoms with Gasteiger partial charge in [0.05, 0.1) is 10.9 Å². The van der Waals surface area contributed by atoms with E-state index >= 15 is 0 Å². The predicted octanol–water partition coefficient (Wildman–Crippen LogP) is 2.31. The van der Waals surface area contributed by atoms with Gasteiger partial charge in [-0.05, 0) is 37.5 Å². The van der Waals surface area contributed by atoms with Crippen LogP contribution in [0.5, 0.6) is 0 Å². The zero-order valence-corrected chi connectivity index (χ0v) is 13.9. The maximum atomic E-state index is 12.3. The van der Waals surface area contributed by atoms with Crippen LogP contribution in [0.3, 0.4) is 0 Å². The van der Waals surface area contributed by atoms with Crippen molar-refractivity contribution in [2.45, 2.75) is 50.3 Å². The largest absolute Gasteiger partial charge is 0.354 e. The molecule has 0 aromatic heterocycles. The van der Waals surface area contributed by atoms with Crippen LogP contribution in [0.2, 0.25) is 0 Å². The van der Waals surface area contributed by atoms with Crippen LogP contribution in [0.4, 0.5) is 0 Å². The number of rotatable bonds is 9. The van der Waals surface area contributed by atoms with E-state index in [1.165, 1.54) is 14.2 Å². The summed E-state index contributed by atoms with van der Waals surface area (Å²) in [5, 5.41) is 0. The third kappa shape index (κ3) is 5.39. The molecule has 0 aliphatic heterocycles. The van der Waals surface area contributed by atoms with Crippen LogP contribution in [0.1, 0.15) is 32.3 Å². The Morgan fingerprint density at radius 3 is 2.19 bits per heavy atom. The Balaban J connectivity index is 2.78. The van der Waals surface area contributed by atoms with E-state index in [1.807, 2.05) is 12.1 Å². The Bertz CT molecular complexity index is 509. The fourth-order valence-electron chi connectivity index (χ4n) is 2.09. The standard InChI is InChI=1S/C15H25NO4S/c1-5-6-7-13-8-10-14(11-9-13)21(17,18)16-12(2)15(19-3)20-4/h8-12,15-16H,5-7H2,1-4H3. The molecule has 1 rings (SSSR count). The summed E-state index contributed by atoms with van der Waals surface area (Å²) in [4.78, 5) is 0.251. The van der Waals surface area contributed by atoms with Crippen LogP contribution in [-0.2, 0) is 25.9 Å². The molecule has 0 saturated heterocycles. The lowest BCUT2D eigenvalue weighted by molar-refractivity contribution is -0.115. The molecule has 0 bridgehead atoms. The van der Waals surface area contributed by atoms with Crippen LogP contribution in [0.25, 0.3) is 0 Å². The van der Waals surface area contributed by atoms with Gasteiger partial charge in [0.15, 0.2) is 6.29 Å². The van der Waals surface area contributed by atoms with E-state index in [9.17, 15) is 8.42 Å². The van der Waals surface area contributed by atoms with E-state index in [-0.39, 0.29) is 4.90 Å². The minimum Gasteiger partial charge on any atom is -0.354 e. The molecule has 1 aromatic rings. The lowest BCUT2D eigenvalue weighted by Crippen LogP contribution is -2.42. The van der Waals surface area contributed by atoms with Gasteiger partial charge in [-0.3, -0.25) is 0 Å². The van der Waals surface area contributed by atoms with E-state index in [2.05, 4.69) is 11.6 Å².